The number of Topliss-reactive ketones (excluding diaryl/α,β-unsaturated/α-hetero) is 1. The quantitative estimate of drug-likeness (QED) is 0.326. The second-order valence-electron chi connectivity index (χ2n) is 11.2. The highest BCUT2D eigenvalue weighted by Gasteiger charge is 2.48. The van der Waals surface area contributed by atoms with Gasteiger partial charge in [-0.3, -0.25) is 9.79 Å². The highest BCUT2D eigenvalue weighted by Crippen LogP contribution is 2.51. The Kier molecular flexibility index (Phi) is 6.45. The highest BCUT2D eigenvalue weighted by atomic mass is 19.4. The molecule has 1 atom stereocenters. The van der Waals surface area contributed by atoms with Crippen LogP contribution in [0, 0.1) is 23.0 Å². The number of aliphatic hydroxyl groups is 1. The third-order valence-corrected chi connectivity index (χ3v) is 7.75. The molecule has 1 heterocycles. The summed E-state index contributed by atoms with van der Waals surface area (Å²) in [7, 11) is 0. The SMILES string of the molecule is CC1(C)CC=C2C(c3ccc(F)c(F)c3)=C(C(=O)c3ccc(C(F)(F)F)cc3)C(C3CCCC3)=NC2(O)C1. The Labute approximate surface area is 217 Å². The van der Waals surface area contributed by atoms with Crippen molar-refractivity contribution in [2.45, 2.75) is 64.3 Å². The molecule has 1 saturated carbocycles. The third-order valence-electron chi connectivity index (χ3n) is 7.75. The maximum Gasteiger partial charge on any atom is 0.416 e. The fourth-order valence-corrected chi connectivity index (χ4v) is 5.93. The van der Waals surface area contributed by atoms with Crippen LogP contribution in [0.15, 0.2) is 64.7 Å². The van der Waals surface area contributed by atoms with Gasteiger partial charge in [0.1, 0.15) is 0 Å². The number of hydrogen-bond donors (Lipinski definition) is 1. The minimum Gasteiger partial charge on any atom is -0.365 e. The molecule has 1 unspecified atom stereocenters. The van der Waals surface area contributed by atoms with Crippen LogP contribution in [0.5, 0.6) is 0 Å². The highest BCUT2D eigenvalue weighted by molar-refractivity contribution is 6.34. The maximum atomic E-state index is 14.5. The van der Waals surface area contributed by atoms with Crippen molar-refractivity contribution in [2.24, 2.45) is 16.3 Å². The largest absolute Gasteiger partial charge is 0.416 e. The molecule has 2 aromatic rings. The molecule has 0 aromatic heterocycles. The molecule has 38 heavy (non-hydrogen) atoms. The van der Waals surface area contributed by atoms with Crippen LogP contribution < -0.4 is 0 Å². The molecule has 8 heteroatoms. The standard InChI is InChI=1S/C30H28F5NO2/c1-28(2)14-13-21-24(19-9-12-22(31)23(32)15-19)25(26(17-5-3-4-6-17)36-29(21,38)16-28)27(37)18-7-10-20(11-8-18)30(33,34)35/h7-13,15,17,38H,3-6,14,16H2,1-2H3. The summed E-state index contributed by atoms with van der Waals surface area (Å²) in [4.78, 5) is 18.9. The predicted octanol–water partition coefficient (Wildman–Crippen LogP) is 7.70. The number of carbonyl (C=O) groups excluding carboxylic acids is 1. The summed E-state index contributed by atoms with van der Waals surface area (Å²) in [5.41, 5.74) is -1.56. The molecule has 2 aromatic carbocycles. The first-order chi connectivity index (χ1) is 17.8. The van der Waals surface area contributed by atoms with E-state index in [1.807, 2.05) is 13.8 Å². The van der Waals surface area contributed by atoms with E-state index in [0.29, 0.717) is 17.7 Å². The molecule has 0 bridgehead atoms. The van der Waals surface area contributed by atoms with Gasteiger partial charge in [-0.05, 0) is 54.5 Å². The normalized spacial score (nSPS) is 23.7. The average Bonchev–Trinajstić information content (AvgIpc) is 3.38. The zero-order valence-electron chi connectivity index (χ0n) is 21.1. The number of ketones is 1. The minimum absolute atomic E-state index is 0.0148. The molecule has 3 aliphatic rings. The molecule has 0 radical (unpaired) electrons. The van der Waals surface area contributed by atoms with Gasteiger partial charge in [0.15, 0.2) is 23.1 Å². The molecule has 0 amide bonds. The summed E-state index contributed by atoms with van der Waals surface area (Å²) in [5.74, 6) is -2.89. The summed E-state index contributed by atoms with van der Waals surface area (Å²) in [6.45, 7) is 3.99. The summed E-state index contributed by atoms with van der Waals surface area (Å²) >= 11 is 0. The Morgan fingerprint density at radius 2 is 1.66 bits per heavy atom. The lowest BCUT2D eigenvalue weighted by Crippen LogP contribution is -2.44. The topological polar surface area (TPSA) is 49.7 Å². The van der Waals surface area contributed by atoms with Gasteiger partial charge in [-0.15, -0.1) is 0 Å². The summed E-state index contributed by atoms with van der Waals surface area (Å²) in [5, 5.41) is 11.9. The molecular weight excluding hydrogens is 501 g/mol. The molecule has 1 aliphatic heterocycles. The van der Waals surface area contributed by atoms with E-state index in [-0.39, 0.29) is 40.0 Å². The van der Waals surface area contributed by atoms with Crippen LogP contribution in [0.2, 0.25) is 0 Å². The van der Waals surface area contributed by atoms with Gasteiger partial charge in [-0.25, -0.2) is 8.78 Å². The molecule has 200 valence electrons. The van der Waals surface area contributed by atoms with E-state index in [4.69, 9.17) is 4.99 Å². The van der Waals surface area contributed by atoms with Crippen molar-refractivity contribution in [3.8, 4) is 0 Å². The smallest absolute Gasteiger partial charge is 0.365 e. The number of benzene rings is 2. The molecule has 1 N–H and O–H groups in total. The van der Waals surface area contributed by atoms with E-state index in [0.717, 1.165) is 62.1 Å². The Bertz CT molecular complexity index is 1380. The number of fused-ring (bicyclic) bond motifs is 1. The number of aliphatic imine (C=N–C) groups is 1. The van der Waals surface area contributed by atoms with Crippen molar-refractivity contribution < 1.29 is 31.9 Å². The van der Waals surface area contributed by atoms with Crippen molar-refractivity contribution in [1.29, 1.82) is 0 Å². The van der Waals surface area contributed by atoms with Crippen LogP contribution in [-0.4, -0.2) is 22.3 Å². The molecule has 0 saturated heterocycles. The van der Waals surface area contributed by atoms with Crippen molar-refractivity contribution in [2.75, 3.05) is 0 Å². The summed E-state index contributed by atoms with van der Waals surface area (Å²) in [6.07, 6.45) is 1.30. The summed E-state index contributed by atoms with van der Waals surface area (Å²) in [6, 6.07) is 7.23. The van der Waals surface area contributed by atoms with Crippen molar-refractivity contribution >= 4 is 17.1 Å². The fourth-order valence-electron chi connectivity index (χ4n) is 5.93. The number of alkyl halides is 3. The number of dihydropyridines is 1. The number of allylic oxidation sites excluding steroid dienone is 2. The zero-order chi connectivity index (χ0) is 27.5. The van der Waals surface area contributed by atoms with Gasteiger partial charge in [0.05, 0.1) is 16.8 Å². The van der Waals surface area contributed by atoms with E-state index >= 15 is 0 Å². The van der Waals surface area contributed by atoms with E-state index in [2.05, 4.69) is 0 Å². The van der Waals surface area contributed by atoms with Crippen molar-refractivity contribution in [3.05, 3.63) is 88.0 Å². The first kappa shape index (κ1) is 26.5. The predicted molar refractivity (Wildman–Crippen MR) is 134 cm³/mol. The van der Waals surface area contributed by atoms with E-state index < -0.39 is 34.9 Å². The monoisotopic (exact) mass is 529 g/mol. The van der Waals surface area contributed by atoms with Gasteiger partial charge in [0, 0.05) is 29.0 Å². The van der Waals surface area contributed by atoms with E-state index in [1.54, 1.807) is 6.08 Å². The number of rotatable bonds is 4. The lowest BCUT2D eigenvalue weighted by Gasteiger charge is -2.44. The van der Waals surface area contributed by atoms with Gasteiger partial charge in [0.2, 0.25) is 0 Å². The Balaban J connectivity index is 1.77. The van der Waals surface area contributed by atoms with Crippen LogP contribution in [0.4, 0.5) is 22.0 Å². The fraction of sp³-hybridized carbons (Fsp3) is 0.400. The Hall–Kier alpha value is -3.13. The van der Waals surface area contributed by atoms with Crippen LogP contribution in [-0.2, 0) is 6.18 Å². The van der Waals surface area contributed by atoms with Crippen LogP contribution in [0.1, 0.15) is 73.9 Å². The summed E-state index contributed by atoms with van der Waals surface area (Å²) < 4.78 is 67.9. The molecule has 5 rings (SSSR count). The van der Waals surface area contributed by atoms with Gasteiger partial charge in [-0.2, -0.15) is 13.2 Å². The molecule has 1 fully saturated rings. The van der Waals surface area contributed by atoms with E-state index in [9.17, 15) is 31.9 Å². The van der Waals surface area contributed by atoms with Gasteiger partial charge < -0.3 is 5.11 Å². The Morgan fingerprint density at radius 1 is 1.00 bits per heavy atom. The number of carbonyl (C=O) groups is 1. The van der Waals surface area contributed by atoms with E-state index in [1.165, 1.54) is 6.07 Å². The van der Waals surface area contributed by atoms with Crippen molar-refractivity contribution in [3.63, 3.8) is 0 Å². The van der Waals surface area contributed by atoms with Gasteiger partial charge in [0.25, 0.3) is 0 Å². The first-order valence-corrected chi connectivity index (χ1v) is 12.7. The van der Waals surface area contributed by atoms with Crippen LogP contribution in [0.3, 0.4) is 0 Å². The van der Waals surface area contributed by atoms with Gasteiger partial charge >= 0.3 is 6.18 Å². The van der Waals surface area contributed by atoms with Crippen molar-refractivity contribution in [1.82, 2.24) is 0 Å². The zero-order valence-corrected chi connectivity index (χ0v) is 21.1. The van der Waals surface area contributed by atoms with Crippen LogP contribution >= 0.6 is 0 Å². The Morgan fingerprint density at radius 3 is 2.26 bits per heavy atom. The second kappa shape index (κ2) is 9.26. The average molecular weight is 530 g/mol. The molecular formula is C30H28F5NO2. The van der Waals surface area contributed by atoms with Crippen LogP contribution in [0.25, 0.3) is 5.57 Å². The molecule has 0 spiro atoms. The molecule has 3 nitrogen and oxygen atoms in total. The number of nitrogens with zero attached hydrogens (tertiary/aromatic N) is 1. The first-order valence-electron chi connectivity index (χ1n) is 12.7. The number of halogens is 5. The van der Waals surface area contributed by atoms with Gasteiger partial charge in [-0.1, -0.05) is 51.0 Å². The molecule has 2 aliphatic carbocycles. The number of hydrogen-bond acceptors (Lipinski definition) is 3. The second-order valence-corrected chi connectivity index (χ2v) is 11.2. The lowest BCUT2D eigenvalue weighted by atomic mass is 9.68. The minimum atomic E-state index is -4.56. The third kappa shape index (κ3) is 4.75. The maximum absolute atomic E-state index is 14.5. The lowest BCUT2D eigenvalue weighted by molar-refractivity contribution is -0.137.